The number of anilines is 1. The summed E-state index contributed by atoms with van der Waals surface area (Å²) in [7, 11) is 1.39. The number of aromatic nitrogens is 2. The first-order chi connectivity index (χ1) is 14.5. The third-order valence-corrected chi connectivity index (χ3v) is 5.85. The van der Waals surface area contributed by atoms with E-state index >= 15 is 0 Å². The van der Waals surface area contributed by atoms with E-state index in [-0.39, 0.29) is 5.97 Å². The largest absolute Gasteiger partial charge is 0.494 e. The predicted octanol–water partition coefficient (Wildman–Crippen LogP) is 4.77. The third kappa shape index (κ3) is 5.71. The molecule has 162 valence electrons. The highest BCUT2D eigenvalue weighted by molar-refractivity contribution is 5.91. The number of hydrogen-bond donors (Lipinski definition) is 0. The van der Waals surface area contributed by atoms with Crippen LogP contribution >= 0.6 is 0 Å². The molecule has 1 aromatic carbocycles. The maximum Gasteiger partial charge on any atom is 0.338 e. The smallest absolute Gasteiger partial charge is 0.338 e. The minimum atomic E-state index is -0.313. The first-order valence-electron chi connectivity index (χ1n) is 10.9. The molecule has 0 aliphatic carbocycles. The minimum Gasteiger partial charge on any atom is -0.494 e. The van der Waals surface area contributed by atoms with Gasteiger partial charge in [-0.25, -0.2) is 14.8 Å². The number of esters is 1. The van der Waals surface area contributed by atoms with Crippen LogP contribution in [-0.2, 0) is 4.74 Å². The highest BCUT2D eigenvalue weighted by Gasteiger charge is 2.21. The summed E-state index contributed by atoms with van der Waals surface area (Å²) < 4.78 is 10.7. The quantitative estimate of drug-likeness (QED) is 0.460. The van der Waals surface area contributed by atoms with Crippen molar-refractivity contribution in [2.45, 2.75) is 52.4 Å². The molecule has 0 atom stereocenters. The maximum atomic E-state index is 11.7. The van der Waals surface area contributed by atoms with Gasteiger partial charge in [-0.15, -0.1) is 0 Å². The van der Waals surface area contributed by atoms with Crippen molar-refractivity contribution in [3.63, 3.8) is 0 Å². The predicted molar refractivity (Wildman–Crippen MR) is 118 cm³/mol. The maximum absolute atomic E-state index is 11.7. The van der Waals surface area contributed by atoms with Crippen molar-refractivity contribution in [2.75, 3.05) is 31.7 Å². The lowest BCUT2D eigenvalue weighted by atomic mass is 9.92. The van der Waals surface area contributed by atoms with Gasteiger partial charge in [0.25, 0.3) is 0 Å². The summed E-state index contributed by atoms with van der Waals surface area (Å²) in [6.07, 6.45) is 8.44. The lowest BCUT2D eigenvalue weighted by Crippen LogP contribution is -2.35. The van der Waals surface area contributed by atoms with Gasteiger partial charge in [-0.2, -0.15) is 0 Å². The fourth-order valence-electron chi connectivity index (χ4n) is 3.84. The van der Waals surface area contributed by atoms with Gasteiger partial charge in [-0.05, 0) is 73.8 Å². The van der Waals surface area contributed by atoms with Crippen LogP contribution in [0, 0.1) is 12.8 Å². The summed E-state index contributed by atoms with van der Waals surface area (Å²) in [6, 6.07) is 5.50. The summed E-state index contributed by atoms with van der Waals surface area (Å²) in [5.74, 6) is 2.53. The zero-order chi connectivity index (χ0) is 21.5. The van der Waals surface area contributed by atoms with E-state index in [2.05, 4.69) is 28.7 Å². The van der Waals surface area contributed by atoms with Crippen LogP contribution < -0.4 is 9.64 Å². The third-order valence-electron chi connectivity index (χ3n) is 5.85. The number of ether oxygens (including phenoxy) is 2. The number of nitrogens with zero attached hydrogens (tertiary/aromatic N) is 3. The Morgan fingerprint density at radius 2 is 1.90 bits per heavy atom. The van der Waals surface area contributed by atoms with Crippen molar-refractivity contribution in [1.29, 1.82) is 0 Å². The molecule has 1 saturated heterocycles. The number of carbonyl (C=O) groups is 1. The van der Waals surface area contributed by atoms with Crippen LogP contribution in [0.3, 0.4) is 0 Å². The van der Waals surface area contributed by atoms with Crippen molar-refractivity contribution in [1.82, 2.24) is 9.97 Å². The topological polar surface area (TPSA) is 64.6 Å². The van der Waals surface area contributed by atoms with Crippen molar-refractivity contribution in [3.8, 4) is 5.75 Å². The van der Waals surface area contributed by atoms with Crippen LogP contribution in [0.4, 0.5) is 5.95 Å². The molecule has 2 aromatic rings. The molecule has 0 spiro atoms. The first kappa shape index (κ1) is 22.1. The van der Waals surface area contributed by atoms with Crippen LogP contribution in [0.1, 0.15) is 66.9 Å². The molecule has 2 heterocycles. The molecule has 1 aliphatic heterocycles. The fourth-order valence-corrected chi connectivity index (χ4v) is 3.84. The summed E-state index contributed by atoms with van der Waals surface area (Å²) in [5, 5.41) is 0. The lowest BCUT2D eigenvalue weighted by Gasteiger charge is -2.32. The second kappa shape index (κ2) is 10.4. The monoisotopic (exact) mass is 411 g/mol. The summed E-state index contributed by atoms with van der Waals surface area (Å²) in [4.78, 5) is 23.1. The summed E-state index contributed by atoms with van der Waals surface area (Å²) >= 11 is 0. The van der Waals surface area contributed by atoms with Gasteiger partial charge in [0.2, 0.25) is 5.95 Å². The molecule has 1 aliphatic rings. The number of methoxy groups -OCH3 is 1. The van der Waals surface area contributed by atoms with Crippen LogP contribution in [0.2, 0.25) is 0 Å². The minimum absolute atomic E-state index is 0.313. The van der Waals surface area contributed by atoms with Gasteiger partial charge < -0.3 is 14.4 Å². The Kier molecular flexibility index (Phi) is 7.66. The molecule has 0 N–H and O–H groups in total. The Morgan fingerprint density at radius 3 is 2.50 bits per heavy atom. The fraction of sp³-hybridized carbons (Fsp3) is 0.542. The Labute approximate surface area is 179 Å². The van der Waals surface area contributed by atoms with Crippen molar-refractivity contribution >= 4 is 11.9 Å². The highest BCUT2D eigenvalue weighted by Crippen LogP contribution is 2.25. The van der Waals surface area contributed by atoms with Crippen LogP contribution in [-0.4, -0.2) is 42.7 Å². The molecule has 6 nitrogen and oxygen atoms in total. The second-order valence-electron chi connectivity index (χ2n) is 8.36. The first-order valence-corrected chi connectivity index (χ1v) is 10.9. The van der Waals surface area contributed by atoms with Gasteiger partial charge in [0.1, 0.15) is 5.75 Å². The molecular weight excluding hydrogens is 378 g/mol. The summed E-state index contributed by atoms with van der Waals surface area (Å²) in [5.41, 5.74) is 2.64. The van der Waals surface area contributed by atoms with Crippen LogP contribution in [0.15, 0.2) is 30.6 Å². The van der Waals surface area contributed by atoms with E-state index in [1.165, 1.54) is 31.9 Å². The Balaban J connectivity index is 1.38. The van der Waals surface area contributed by atoms with E-state index < -0.39 is 0 Å². The lowest BCUT2D eigenvalue weighted by molar-refractivity contribution is 0.0600. The molecule has 0 amide bonds. The van der Waals surface area contributed by atoms with Crippen molar-refractivity contribution in [3.05, 3.63) is 47.3 Å². The molecule has 0 bridgehead atoms. The Hall–Kier alpha value is -2.63. The van der Waals surface area contributed by atoms with Gasteiger partial charge in [-0.1, -0.05) is 13.8 Å². The molecule has 0 radical (unpaired) electrons. The molecule has 30 heavy (non-hydrogen) atoms. The van der Waals surface area contributed by atoms with E-state index in [1.807, 2.05) is 31.5 Å². The van der Waals surface area contributed by atoms with E-state index in [0.29, 0.717) is 18.1 Å². The number of aryl methyl sites for hydroxylation is 1. The molecule has 0 saturated carbocycles. The van der Waals surface area contributed by atoms with Gasteiger partial charge >= 0.3 is 5.97 Å². The second-order valence-corrected chi connectivity index (χ2v) is 8.36. The number of benzene rings is 1. The van der Waals surface area contributed by atoms with E-state index in [1.54, 1.807) is 6.07 Å². The standard InChI is InChI=1S/C24H33N3O3/c1-17(2)20-15-25-24(26-16-20)27-11-9-19(10-12-27)6-5-13-30-21-7-8-22(18(3)14-21)23(28)29-4/h7-8,14-17,19H,5-6,9-13H2,1-4H3. The normalized spacial score (nSPS) is 14.8. The number of piperidine rings is 1. The zero-order valence-corrected chi connectivity index (χ0v) is 18.6. The van der Waals surface area contributed by atoms with Crippen molar-refractivity contribution in [2.24, 2.45) is 5.92 Å². The molecule has 3 rings (SSSR count). The SMILES string of the molecule is COC(=O)c1ccc(OCCCC2CCN(c3ncc(C(C)C)cn3)CC2)cc1C. The number of carbonyl (C=O) groups excluding carboxylic acids is 1. The number of hydrogen-bond acceptors (Lipinski definition) is 6. The molecule has 1 aromatic heterocycles. The van der Waals surface area contributed by atoms with Gasteiger partial charge in [0, 0.05) is 25.5 Å². The molecule has 1 fully saturated rings. The van der Waals surface area contributed by atoms with Gasteiger partial charge in [-0.3, -0.25) is 0 Å². The molecular formula is C24H33N3O3. The van der Waals surface area contributed by atoms with Crippen LogP contribution in [0.25, 0.3) is 0 Å². The van der Waals surface area contributed by atoms with E-state index in [0.717, 1.165) is 42.7 Å². The average molecular weight is 412 g/mol. The highest BCUT2D eigenvalue weighted by atomic mass is 16.5. The Bertz CT molecular complexity index is 828. The average Bonchev–Trinajstić information content (AvgIpc) is 2.77. The number of rotatable bonds is 8. The van der Waals surface area contributed by atoms with Gasteiger partial charge in [0.05, 0.1) is 19.3 Å². The van der Waals surface area contributed by atoms with E-state index in [4.69, 9.17) is 9.47 Å². The molecule has 0 unspecified atom stereocenters. The van der Waals surface area contributed by atoms with Crippen LogP contribution in [0.5, 0.6) is 5.75 Å². The molecule has 6 heteroatoms. The van der Waals surface area contributed by atoms with Gasteiger partial charge in [0.15, 0.2) is 0 Å². The van der Waals surface area contributed by atoms with E-state index in [9.17, 15) is 4.79 Å². The summed E-state index contributed by atoms with van der Waals surface area (Å²) in [6.45, 7) is 8.93. The zero-order valence-electron chi connectivity index (χ0n) is 18.6. The van der Waals surface area contributed by atoms with Crippen molar-refractivity contribution < 1.29 is 14.3 Å². The Morgan fingerprint density at radius 1 is 1.20 bits per heavy atom.